The molecular formula is C14H19N. The van der Waals surface area contributed by atoms with E-state index in [4.69, 9.17) is 5.26 Å². The minimum Gasteiger partial charge on any atom is -0.198 e. The van der Waals surface area contributed by atoms with Crippen molar-refractivity contribution < 1.29 is 0 Å². The van der Waals surface area contributed by atoms with Gasteiger partial charge in [-0.25, -0.2) is 0 Å². The molecule has 0 radical (unpaired) electrons. The molecule has 1 saturated carbocycles. The molecule has 0 bridgehead atoms. The van der Waals surface area contributed by atoms with Crippen molar-refractivity contribution in [2.75, 3.05) is 0 Å². The Hall–Kier alpha value is -1.47. The van der Waals surface area contributed by atoms with Crippen molar-refractivity contribution in [2.24, 2.45) is 11.3 Å². The number of terminal acetylenes is 1. The molecule has 1 aliphatic rings. The molecule has 15 heavy (non-hydrogen) atoms. The van der Waals surface area contributed by atoms with Crippen molar-refractivity contribution in [3.63, 3.8) is 0 Å². The third kappa shape index (κ3) is 3.64. The summed E-state index contributed by atoms with van der Waals surface area (Å²) in [6, 6.07) is 2.45. The molecule has 1 fully saturated rings. The summed E-state index contributed by atoms with van der Waals surface area (Å²) in [6.07, 6.45) is 18.4. The van der Waals surface area contributed by atoms with Gasteiger partial charge < -0.3 is 0 Å². The van der Waals surface area contributed by atoms with Gasteiger partial charge in [0.15, 0.2) is 0 Å². The van der Waals surface area contributed by atoms with Crippen LogP contribution in [0.15, 0.2) is 24.8 Å². The zero-order chi connectivity index (χ0) is 11.7. The Morgan fingerprint density at radius 3 is 2.47 bits per heavy atom. The fraction of sp³-hybridized carbons (Fsp3) is 0.500. The number of hydrogen-bond donors (Lipinski definition) is 0. The molecule has 1 nitrogen and oxygen atoms in total. The molecule has 0 spiro atoms. The lowest BCUT2D eigenvalue weighted by Gasteiger charge is -2.14. The van der Waals surface area contributed by atoms with E-state index >= 15 is 0 Å². The Morgan fingerprint density at radius 2 is 2.13 bits per heavy atom. The molecular weight excluding hydrogens is 182 g/mol. The molecule has 1 aliphatic carbocycles. The average Bonchev–Trinajstić information content (AvgIpc) is 3.08. The highest BCUT2D eigenvalue weighted by Crippen LogP contribution is 2.53. The molecule has 80 valence electrons. The minimum absolute atomic E-state index is 0.00752. The van der Waals surface area contributed by atoms with Crippen LogP contribution in [0.2, 0.25) is 0 Å². The maximum Gasteiger partial charge on any atom is 0.0695 e. The van der Waals surface area contributed by atoms with Crippen molar-refractivity contribution >= 4 is 0 Å². The Labute approximate surface area is 93.5 Å². The van der Waals surface area contributed by atoms with E-state index in [0.717, 1.165) is 25.7 Å². The first-order valence-corrected chi connectivity index (χ1v) is 5.31. The maximum absolute atomic E-state index is 9.01. The third-order valence-corrected chi connectivity index (χ3v) is 2.83. The number of hydrogen-bond acceptors (Lipinski definition) is 1. The molecule has 1 atom stereocenters. The summed E-state index contributed by atoms with van der Waals surface area (Å²) in [5.74, 6) is 0.456. The standard InChI is InChI=1S/C12H17N.C2H2/c1-3-5-6-7-11(4-2)12(10-13)8-9-12;1-2/h3,6-7,11H,1,4-5,8-9H2,2H3;1-2H/b7-6-;. The van der Waals surface area contributed by atoms with Crippen molar-refractivity contribution in [3.05, 3.63) is 24.8 Å². The first kappa shape index (κ1) is 13.5. The second-order valence-electron chi connectivity index (χ2n) is 3.74. The zero-order valence-electron chi connectivity index (χ0n) is 9.45. The van der Waals surface area contributed by atoms with Gasteiger partial charge >= 0.3 is 0 Å². The van der Waals surface area contributed by atoms with Crippen LogP contribution >= 0.6 is 0 Å². The van der Waals surface area contributed by atoms with Crippen LogP contribution in [0, 0.1) is 35.5 Å². The lowest BCUT2D eigenvalue weighted by atomic mass is 9.87. The average molecular weight is 201 g/mol. The van der Waals surface area contributed by atoms with E-state index in [1.807, 2.05) is 6.08 Å². The first-order chi connectivity index (χ1) is 7.29. The van der Waals surface area contributed by atoms with Crippen molar-refractivity contribution in [2.45, 2.75) is 32.6 Å². The van der Waals surface area contributed by atoms with Gasteiger partial charge in [-0.3, -0.25) is 0 Å². The summed E-state index contributed by atoms with van der Waals surface area (Å²) in [4.78, 5) is 0. The predicted octanol–water partition coefficient (Wildman–Crippen LogP) is 3.70. The smallest absolute Gasteiger partial charge is 0.0695 e. The highest BCUT2D eigenvalue weighted by molar-refractivity contribution is 5.17. The molecule has 0 N–H and O–H groups in total. The molecule has 0 aromatic heterocycles. The Bertz CT molecular complexity index is 273. The number of allylic oxidation sites excluding steroid dienone is 3. The largest absolute Gasteiger partial charge is 0.198 e. The summed E-state index contributed by atoms with van der Waals surface area (Å²) < 4.78 is 0. The van der Waals surface area contributed by atoms with Gasteiger partial charge in [0.2, 0.25) is 0 Å². The second kappa shape index (κ2) is 6.91. The van der Waals surface area contributed by atoms with Crippen molar-refractivity contribution in [1.29, 1.82) is 5.26 Å². The number of nitrogens with zero attached hydrogens (tertiary/aromatic N) is 1. The fourth-order valence-electron chi connectivity index (χ4n) is 1.75. The van der Waals surface area contributed by atoms with Crippen LogP contribution < -0.4 is 0 Å². The van der Waals surface area contributed by atoms with Crippen LogP contribution in [0.4, 0.5) is 0 Å². The van der Waals surface area contributed by atoms with Crippen LogP contribution in [-0.2, 0) is 0 Å². The minimum atomic E-state index is -0.00752. The maximum atomic E-state index is 9.01. The molecule has 1 heteroatoms. The van der Waals surface area contributed by atoms with Gasteiger partial charge in [0.1, 0.15) is 0 Å². The number of rotatable bonds is 5. The third-order valence-electron chi connectivity index (χ3n) is 2.83. The highest BCUT2D eigenvalue weighted by Gasteiger charge is 2.47. The molecule has 1 unspecified atom stereocenters. The summed E-state index contributed by atoms with van der Waals surface area (Å²) in [6.45, 7) is 5.82. The molecule has 0 aromatic rings. The van der Waals surface area contributed by atoms with Gasteiger partial charge in [0, 0.05) is 0 Å². The summed E-state index contributed by atoms with van der Waals surface area (Å²) >= 11 is 0. The monoisotopic (exact) mass is 201 g/mol. The Morgan fingerprint density at radius 1 is 1.53 bits per heavy atom. The van der Waals surface area contributed by atoms with Crippen molar-refractivity contribution in [1.82, 2.24) is 0 Å². The highest BCUT2D eigenvalue weighted by atomic mass is 14.5. The molecule has 1 rings (SSSR count). The van der Waals surface area contributed by atoms with E-state index in [9.17, 15) is 0 Å². The molecule has 0 amide bonds. The van der Waals surface area contributed by atoms with E-state index in [1.54, 1.807) is 0 Å². The van der Waals surface area contributed by atoms with Crippen LogP contribution in [0.3, 0.4) is 0 Å². The first-order valence-electron chi connectivity index (χ1n) is 5.31. The molecule has 0 heterocycles. The SMILES string of the molecule is C#C.C=CC/C=C\C(CC)C1(C#N)CC1. The predicted molar refractivity (Wildman–Crippen MR) is 64.9 cm³/mol. The Kier molecular flexibility index (Phi) is 6.23. The summed E-state index contributed by atoms with van der Waals surface area (Å²) in [5, 5.41) is 9.01. The Balaban J connectivity index is 0.000000921. The van der Waals surface area contributed by atoms with Gasteiger partial charge in [-0.2, -0.15) is 5.26 Å². The molecule has 0 saturated heterocycles. The van der Waals surface area contributed by atoms with E-state index < -0.39 is 0 Å². The van der Waals surface area contributed by atoms with Crippen LogP contribution in [0.5, 0.6) is 0 Å². The second-order valence-corrected chi connectivity index (χ2v) is 3.74. The van der Waals surface area contributed by atoms with E-state index in [0.29, 0.717) is 5.92 Å². The fourth-order valence-corrected chi connectivity index (χ4v) is 1.75. The summed E-state index contributed by atoms with van der Waals surface area (Å²) in [7, 11) is 0. The van der Waals surface area contributed by atoms with Crippen molar-refractivity contribution in [3.8, 4) is 18.9 Å². The lowest BCUT2D eigenvalue weighted by Crippen LogP contribution is -2.10. The summed E-state index contributed by atoms with van der Waals surface area (Å²) in [5.41, 5.74) is -0.00752. The van der Waals surface area contributed by atoms with E-state index in [-0.39, 0.29) is 5.41 Å². The topological polar surface area (TPSA) is 23.8 Å². The lowest BCUT2D eigenvalue weighted by molar-refractivity contribution is 0.454. The van der Waals surface area contributed by atoms with Crippen LogP contribution in [0.25, 0.3) is 0 Å². The number of nitriles is 1. The quantitative estimate of drug-likeness (QED) is 0.491. The van der Waals surface area contributed by atoms with E-state index in [1.165, 1.54) is 0 Å². The van der Waals surface area contributed by atoms with Crippen LogP contribution in [-0.4, -0.2) is 0 Å². The van der Waals surface area contributed by atoms with Gasteiger partial charge in [-0.05, 0) is 31.6 Å². The van der Waals surface area contributed by atoms with Gasteiger partial charge in [-0.1, -0.05) is 25.2 Å². The van der Waals surface area contributed by atoms with E-state index in [2.05, 4.69) is 44.6 Å². The van der Waals surface area contributed by atoms with Crippen LogP contribution in [0.1, 0.15) is 32.6 Å². The van der Waals surface area contributed by atoms with Gasteiger partial charge in [-0.15, -0.1) is 19.4 Å². The van der Waals surface area contributed by atoms with Gasteiger partial charge in [0.05, 0.1) is 11.5 Å². The molecule has 0 aromatic carbocycles. The normalized spacial score (nSPS) is 18.3. The zero-order valence-corrected chi connectivity index (χ0v) is 9.45. The molecule has 0 aliphatic heterocycles. The van der Waals surface area contributed by atoms with Gasteiger partial charge in [0.25, 0.3) is 0 Å².